The third-order valence-corrected chi connectivity index (χ3v) is 4.74. The summed E-state index contributed by atoms with van der Waals surface area (Å²) in [6.07, 6.45) is 3.24. The number of halogens is 1. The summed E-state index contributed by atoms with van der Waals surface area (Å²) >= 11 is 5.27. The fourth-order valence-corrected chi connectivity index (χ4v) is 3.70. The first-order valence-corrected chi connectivity index (χ1v) is 7.18. The van der Waals surface area contributed by atoms with Crippen molar-refractivity contribution < 1.29 is 4.74 Å². The molecule has 90 valence electrons. The maximum absolute atomic E-state index is 5.66. The first-order chi connectivity index (χ1) is 7.79. The van der Waals surface area contributed by atoms with Crippen LogP contribution in [-0.2, 0) is 11.2 Å². The van der Waals surface area contributed by atoms with Crippen molar-refractivity contribution in [2.75, 3.05) is 13.2 Å². The van der Waals surface area contributed by atoms with Gasteiger partial charge in [0, 0.05) is 24.1 Å². The Kier molecular flexibility index (Phi) is 4.79. The molecule has 2 heterocycles. The number of hydrogen-bond acceptors (Lipinski definition) is 4. The molecule has 5 heteroatoms. The van der Waals surface area contributed by atoms with Gasteiger partial charge in [-0.1, -0.05) is 0 Å². The Labute approximate surface area is 108 Å². The summed E-state index contributed by atoms with van der Waals surface area (Å²) in [5.41, 5.74) is 2.97. The summed E-state index contributed by atoms with van der Waals surface area (Å²) in [6.45, 7) is 1.74. The van der Waals surface area contributed by atoms with Crippen molar-refractivity contribution in [1.82, 2.24) is 5.43 Å². The summed E-state index contributed by atoms with van der Waals surface area (Å²) in [5.74, 6) is 6.30. The molecule has 3 nitrogen and oxygen atoms in total. The Morgan fingerprint density at radius 3 is 2.81 bits per heavy atom. The van der Waals surface area contributed by atoms with E-state index in [0.29, 0.717) is 12.0 Å². The zero-order chi connectivity index (χ0) is 11.4. The molecule has 0 bridgehead atoms. The molecule has 0 aromatic carbocycles. The fraction of sp³-hybridized carbons (Fsp3) is 0.636. The molecule has 0 aliphatic carbocycles. The molecule has 0 radical (unpaired) electrons. The van der Waals surface area contributed by atoms with Gasteiger partial charge in [0.05, 0.1) is 3.79 Å². The fourth-order valence-electron chi connectivity index (χ4n) is 2.16. The van der Waals surface area contributed by atoms with E-state index >= 15 is 0 Å². The van der Waals surface area contributed by atoms with Crippen LogP contribution in [0.5, 0.6) is 0 Å². The number of thiophene rings is 1. The van der Waals surface area contributed by atoms with E-state index in [9.17, 15) is 0 Å². The van der Waals surface area contributed by atoms with Crippen molar-refractivity contribution in [1.29, 1.82) is 0 Å². The molecular weight excluding hydrogens is 288 g/mol. The van der Waals surface area contributed by atoms with Crippen LogP contribution in [0.15, 0.2) is 15.9 Å². The Morgan fingerprint density at radius 1 is 1.50 bits per heavy atom. The van der Waals surface area contributed by atoms with E-state index in [2.05, 4.69) is 33.5 Å². The molecule has 1 atom stereocenters. The lowest BCUT2D eigenvalue weighted by molar-refractivity contribution is 0.0539. The predicted molar refractivity (Wildman–Crippen MR) is 70.4 cm³/mol. The molecule has 1 aromatic rings. The van der Waals surface area contributed by atoms with Crippen LogP contribution in [0.4, 0.5) is 0 Å². The smallest absolute Gasteiger partial charge is 0.0701 e. The van der Waals surface area contributed by atoms with Gasteiger partial charge in [0.2, 0.25) is 0 Å². The maximum Gasteiger partial charge on any atom is 0.0701 e. The second-order valence-corrected chi connectivity index (χ2v) is 6.68. The van der Waals surface area contributed by atoms with Gasteiger partial charge in [-0.05, 0) is 53.2 Å². The molecule has 1 fully saturated rings. The molecule has 0 saturated carbocycles. The van der Waals surface area contributed by atoms with Crippen LogP contribution >= 0.6 is 27.3 Å². The molecule has 1 aliphatic rings. The van der Waals surface area contributed by atoms with Crippen molar-refractivity contribution in [2.45, 2.75) is 25.3 Å². The molecule has 1 saturated heterocycles. The van der Waals surface area contributed by atoms with Gasteiger partial charge in [-0.3, -0.25) is 11.3 Å². The number of hydrogen-bond donors (Lipinski definition) is 2. The largest absolute Gasteiger partial charge is 0.381 e. The van der Waals surface area contributed by atoms with Gasteiger partial charge in [-0.2, -0.15) is 0 Å². The van der Waals surface area contributed by atoms with Gasteiger partial charge >= 0.3 is 0 Å². The molecule has 16 heavy (non-hydrogen) atoms. The lowest BCUT2D eigenvalue weighted by Gasteiger charge is -2.29. The highest BCUT2D eigenvalue weighted by atomic mass is 79.9. The van der Waals surface area contributed by atoms with Crippen molar-refractivity contribution >= 4 is 27.3 Å². The second-order valence-electron chi connectivity index (χ2n) is 4.13. The highest BCUT2D eigenvalue weighted by molar-refractivity contribution is 9.11. The highest BCUT2D eigenvalue weighted by Crippen LogP contribution is 2.26. The lowest BCUT2D eigenvalue weighted by atomic mass is 9.90. The van der Waals surface area contributed by atoms with Crippen LogP contribution in [0, 0.1) is 5.92 Å². The van der Waals surface area contributed by atoms with E-state index in [4.69, 9.17) is 10.6 Å². The van der Waals surface area contributed by atoms with Crippen LogP contribution in [0.2, 0.25) is 0 Å². The summed E-state index contributed by atoms with van der Waals surface area (Å²) in [6, 6.07) is 4.63. The maximum atomic E-state index is 5.66. The SMILES string of the molecule is NNC(Cc1ccc(Br)s1)C1CCOCC1. The average molecular weight is 305 g/mol. The van der Waals surface area contributed by atoms with Gasteiger partial charge in [-0.15, -0.1) is 11.3 Å². The number of nitrogens with two attached hydrogens (primary N) is 1. The summed E-state index contributed by atoms with van der Waals surface area (Å²) in [7, 11) is 0. The van der Waals surface area contributed by atoms with Crippen LogP contribution in [0.1, 0.15) is 17.7 Å². The van der Waals surface area contributed by atoms with E-state index in [1.54, 1.807) is 11.3 Å². The van der Waals surface area contributed by atoms with Crippen LogP contribution in [0.25, 0.3) is 0 Å². The number of rotatable bonds is 4. The first kappa shape index (κ1) is 12.5. The molecule has 0 spiro atoms. The number of hydrazine groups is 1. The Morgan fingerprint density at radius 2 is 2.25 bits per heavy atom. The van der Waals surface area contributed by atoms with Crippen LogP contribution in [0.3, 0.4) is 0 Å². The van der Waals surface area contributed by atoms with Crippen LogP contribution < -0.4 is 11.3 Å². The predicted octanol–water partition coefficient (Wildman–Crippen LogP) is 2.31. The minimum atomic E-state index is 0.370. The lowest BCUT2D eigenvalue weighted by Crippen LogP contribution is -2.44. The van der Waals surface area contributed by atoms with Gasteiger partial charge in [0.15, 0.2) is 0 Å². The standard InChI is InChI=1S/C11H17BrN2OS/c12-11-2-1-9(16-11)7-10(14-13)8-3-5-15-6-4-8/h1-2,8,10,14H,3-7,13H2. The second kappa shape index (κ2) is 6.12. The minimum absolute atomic E-state index is 0.370. The van der Waals surface area contributed by atoms with E-state index in [-0.39, 0.29) is 0 Å². The Balaban J connectivity index is 1.94. The zero-order valence-electron chi connectivity index (χ0n) is 9.12. The zero-order valence-corrected chi connectivity index (χ0v) is 11.5. The van der Waals surface area contributed by atoms with Gasteiger partial charge in [0.1, 0.15) is 0 Å². The Hall–Kier alpha value is 0.0600. The minimum Gasteiger partial charge on any atom is -0.381 e. The molecular formula is C11H17BrN2OS. The molecule has 1 unspecified atom stereocenters. The van der Waals surface area contributed by atoms with E-state index in [0.717, 1.165) is 32.5 Å². The third kappa shape index (κ3) is 3.28. The quantitative estimate of drug-likeness (QED) is 0.663. The molecule has 2 rings (SSSR count). The molecule has 3 N–H and O–H groups in total. The van der Waals surface area contributed by atoms with E-state index < -0.39 is 0 Å². The summed E-state index contributed by atoms with van der Waals surface area (Å²) < 4.78 is 6.56. The van der Waals surface area contributed by atoms with E-state index in [1.165, 1.54) is 8.66 Å². The van der Waals surface area contributed by atoms with Crippen molar-refractivity contribution in [3.05, 3.63) is 20.8 Å². The van der Waals surface area contributed by atoms with E-state index in [1.807, 2.05) is 0 Å². The average Bonchev–Trinajstić information content (AvgIpc) is 2.73. The van der Waals surface area contributed by atoms with Crippen molar-refractivity contribution in [3.63, 3.8) is 0 Å². The normalized spacial score (nSPS) is 19.9. The third-order valence-electron chi connectivity index (χ3n) is 3.10. The highest BCUT2D eigenvalue weighted by Gasteiger charge is 2.23. The van der Waals surface area contributed by atoms with Crippen LogP contribution in [-0.4, -0.2) is 19.3 Å². The van der Waals surface area contributed by atoms with Gasteiger partial charge < -0.3 is 4.74 Å². The van der Waals surface area contributed by atoms with Gasteiger partial charge in [0.25, 0.3) is 0 Å². The topological polar surface area (TPSA) is 47.3 Å². The summed E-state index contributed by atoms with van der Waals surface area (Å²) in [5, 5.41) is 0. The van der Waals surface area contributed by atoms with Crippen molar-refractivity contribution in [2.24, 2.45) is 11.8 Å². The first-order valence-electron chi connectivity index (χ1n) is 5.57. The summed E-state index contributed by atoms with van der Waals surface area (Å²) in [4.78, 5) is 1.38. The number of nitrogens with one attached hydrogen (secondary N) is 1. The Bertz CT molecular complexity index is 326. The van der Waals surface area contributed by atoms with Gasteiger partial charge in [-0.25, -0.2) is 0 Å². The van der Waals surface area contributed by atoms with Crippen molar-refractivity contribution in [3.8, 4) is 0 Å². The molecule has 1 aromatic heterocycles. The number of ether oxygens (including phenoxy) is 1. The monoisotopic (exact) mass is 304 g/mol. The molecule has 0 amide bonds. The molecule has 1 aliphatic heterocycles.